The highest BCUT2D eigenvalue weighted by molar-refractivity contribution is 5.94. The fourth-order valence-corrected chi connectivity index (χ4v) is 2.75. The molecule has 0 aromatic heterocycles. The van der Waals surface area contributed by atoms with E-state index < -0.39 is 0 Å². The Morgan fingerprint density at radius 1 is 1.13 bits per heavy atom. The Bertz CT molecular complexity index is 522. The van der Waals surface area contributed by atoms with Gasteiger partial charge in [-0.15, -0.1) is 0 Å². The second-order valence-corrected chi connectivity index (χ2v) is 6.30. The standard InChI is InChI=1S/C18H27N3O2/c1-13(19-2)11-20-18(23)16-9-7-14(8-10-16)12-21-17(22)15-5-3-4-6-15/h7-10,13,15,19H,3-6,11-12H2,1-2H3,(H,20,23)(H,21,22). The van der Waals surface area contributed by atoms with Gasteiger partial charge in [0.2, 0.25) is 5.91 Å². The topological polar surface area (TPSA) is 70.2 Å². The van der Waals surface area contributed by atoms with Crippen LogP contribution < -0.4 is 16.0 Å². The number of benzene rings is 1. The van der Waals surface area contributed by atoms with Crippen molar-refractivity contribution in [2.75, 3.05) is 13.6 Å². The fraction of sp³-hybridized carbons (Fsp3) is 0.556. The van der Waals surface area contributed by atoms with Gasteiger partial charge in [-0.05, 0) is 44.5 Å². The van der Waals surface area contributed by atoms with Crippen molar-refractivity contribution < 1.29 is 9.59 Å². The van der Waals surface area contributed by atoms with E-state index in [0.717, 1.165) is 31.2 Å². The van der Waals surface area contributed by atoms with Crippen molar-refractivity contribution in [2.24, 2.45) is 5.92 Å². The molecule has 1 saturated carbocycles. The molecule has 2 amide bonds. The van der Waals surface area contributed by atoms with E-state index in [1.807, 2.05) is 26.1 Å². The van der Waals surface area contributed by atoms with E-state index in [1.165, 1.54) is 0 Å². The molecule has 1 aromatic rings. The van der Waals surface area contributed by atoms with Crippen molar-refractivity contribution in [3.05, 3.63) is 35.4 Å². The van der Waals surface area contributed by atoms with Gasteiger partial charge in [0, 0.05) is 30.6 Å². The van der Waals surface area contributed by atoms with Crippen LogP contribution >= 0.6 is 0 Å². The highest BCUT2D eigenvalue weighted by Gasteiger charge is 2.22. The second kappa shape index (κ2) is 8.67. The lowest BCUT2D eigenvalue weighted by Gasteiger charge is -2.12. The smallest absolute Gasteiger partial charge is 0.251 e. The third kappa shape index (κ3) is 5.36. The van der Waals surface area contributed by atoms with E-state index in [0.29, 0.717) is 18.7 Å². The summed E-state index contributed by atoms with van der Waals surface area (Å²) >= 11 is 0. The number of hydrogen-bond donors (Lipinski definition) is 3. The van der Waals surface area contributed by atoms with Crippen LogP contribution in [-0.4, -0.2) is 31.4 Å². The molecule has 0 aliphatic heterocycles. The SMILES string of the molecule is CNC(C)CNC(=O)c1ccc(CNC(=O)C2CCCC2)cc1. The predicted octanol–water partition coefficient (Wildman–Crippen LogP) is 1.83. The molecular weight excluding hydrogens is 290 g/mol. The number of likely N-dealkylation sites (N-methyl/N-ethyl adjacent to an activating group) is 1. The van der Waals surface area contributed by atoms with Gasteiger partial charge in [-0.1, -0.05) is 25.0 Å². The maximum atomic E-state index is 12.0. The molecule has 23 heavy (non-hydrogen) atoms. The van der Waals surface area contributed by atoms with Crippen LogP contribution in [0.5, 0.6) is 0 Å². The maximum Gasteiger partial charge on any atom is 0.251 e. The Hall–Kier alpha value is -1.88. The first kappa shape index (κ1) is 17.5. The zero-order valence-electron chi connectivity index (χ0n) is 14.0. The van der Waals surface area contributed by atoms with Crippen LogP contribution in [0.1, 0.15) is 48.5 Å². The van der Waals surface area contributed by atoms with Crippen molar-refractivity contribution in [3.8, 4) is 0 Å². The molecule has 0 saturated heterocycles. The van der Waals surface area contributed by atoms with Crippen molar-refractivity contribution in [1.82, 2.24) is 16.0 Å². The zero-order valence-corrected chi connectivity index (χ0v) is 14.0. The van der Waals surface area contributed by atoms with Crippen LogP contribution in [-0.2, 0) is 11.3 Å². The first-order valence-corrected chi connectivity index (χ1v) is 8.42. The van der Waals surface area contributed by atoms with Crippen LogP contribution in [0.2, 0.25) is 0 Å². The van der Waals surface area contributed by atoms with Gasteiger partial charge in [0.05, 0.1) is 0 Å². The van der Waals surface area contributed by atoms with Crippen LogP contribution in [0.15, 0.2) is 24.3 Å². The Kier molecular flexibility index (Phi) is 6.59. The Balaban J connectivity index is 1.79. The van der Waals surface area contributed by atoms with Gasteiger partial charge in [-0.25, -0.2) is 0 Å². The van der Waals surface area contributed by atoms with Crippen LogP contribution in [0.3, 0.4) is 0 Å². The van der Waals surface area contributed by atoms with Gasteiger partial charge in [0.25, 0.3) is 5.91 Å². The van der Waals surface area contributed by atoms with Gasteiger partial charge >= 0.3 is 0 Å². The van der Waals surface area contributed by atoms with Crippen molar-refractivity contribution in [1.29, 1.82) is 0 Å². The number of carbonyl (C=O) groups is 2. The molecule has 0 radical (unpaired) electrons. The summed E-state index contributed by atoms with van der Waals surface area (Å²) in [6.07, 6.45) is 4.34. The van der Waals surface area contributed by atoms with Gasteiger partial charge in [-0.2, -0.15) is 0 Å². The number of amides is 2. The lowest BCUT2D eigenvalue weighted by atomic mass is 10.1. The van der Waals surface area contributed by atoms with E-state index >= 15 is 0 Å². The molecule has 1 aromatic carbocycles. The molecule has 1 atom stereocenters. The van der Waals surface area contributed by atoms with E-state index in [2.05, 4.69) is 16.0 Å². The fourth-order valence-electron chi connectivity index (χ4n) is 2.75. The number of nitrogens with one attached hydrogen (secondary N) is 3. The summed E-state index contributed by atoms with van der Waals surface area (Å²) in [5.41, 5.74) is 1.65. The summed E-state index contributed by atoms with van der Waals surface area (Å²) in [7, 11) is 1.87. The summed E-state index contributed by atoms with van der Waals surface area (Å²) < 4.78 is 0. The summed E-state index contributed by atoms with van der Waals surface area (Å²) in [6, 6.07) is 7.63. The average Bonchev–Trinajstić information content (AvgIpc) is 3.12. The molecule has 1 aliphatic rings. The largest absolute Gasteiger partial charge is 0.352 e. The zero-order chi connectivity index (χ0) is 16.7. The van der Waals surface area contributed by atoms with Gasteiger partial charge < -0.3 is 16.0 Å². The maximum absolute atomic E-state index is 12.0. The highest BCUT2D eigenvalue weighted by Crippen LogP contribution is 2.24. The molecule has 5 nitrogen and oxygen atoms in total. The van der Waals surface area contributed by atoms with Gasteiger partial charge in [-0.3, -0.25) is 9.59 Å². The highest BCUT2D eigenvalue weighted by atomic mass is 16.2. The number of hydrogen-bond acceptors (Lipinski definition) is 3. The van der Waals surface area contributed by atoms with Gasteiger partial charge in [0.1, 0.15) is 0 Å². The number of rotatable bonds is 7. The van der Waals surface area contributed by atoms with E-state index in [-0.39, 0.29) is 23.8 Å². The molecule has 126 valence electrons. The minimum Gasteiger partial charge on any atom is -0.352 e. The molecular formula is C18H27N3O2. The minimum atomic E-state index is -0.0753. The molecule has 0 bridgehead atoms. The molecule has 1 fully saturated rings. The third-order valence-electron chi connectivity index (χ3n) is 4.47. The number of carbonyl (C=O) groups excluding carboxylic acids is 2. The molecule has 3 N–H and O–H groups in total. The predicted molar refractivity (Wildman–Crippen MR) is 91.1 cm³/mol. The molecule has 0 heterocycles. The molecule has 1 unspecified atom stereocenters. The normalized spacial score (nSPS) is 16.1. The lowest BCUT2D eigenvalue weighted by molar-refractivity contribution is -0.124. The van der Waals surface area contributed by atoms with E-state index in [9.17, 15) is 9.59 Å². The molecule has 2 rings (SSSR count). The van der Waals surface area contributed by atoms with Crippen LogP contribution in [0.25, 0.3) is 0 Å². The van der Waals surface area contributed by atoms with Crippen molar-refractivity contribution in [3.63, 3.8) is 0 Å². The second-order valence-electron chi connectivity index (χ2n) is 6.30. The summed E-state index contributed by atoms with van der Waals surface area (Å²) in [5.74, 6) is 0.272. The van der Waals surface area contributed by atoms with E-state index in [4.69, 9.17) is 0 Å². The van der Waals surface area contributed by atoms with Crippen LogP contribution in [0.4, 0.5) is 0 Å². The molecule has 1 aliphatic carbocycles. The van der Waals surface area contributed by atoms with Crippen LogP contribution in [0, 0.1) is 5.92 Å². The van der Waals surface area contributed by atoms with E-state index in [1.54, 1.807) is 12.1 Å². The summed E-state index contributed by atoms with van der Waals surface area (Å²) in [5, 5.41) is 8.95. The Labute approximate surface area is 138 Å². The average molecular weight is 317 g/mol. The lowest BCUT2D eigenvalue weighted by Crippen LogP contribution is -2.37. The molecule has 5 heteroatoms. The Morgan fingerprint density at radius 3 is 2.39 bits per heavy atom. The summed E-state index contributed by atoms with van der Waals surface area (Å²) in [4.78, 5) is 24.0. The third-order valence-corrected chi connectivity index (χ3v) is 4.47. The van der Waals surface area contributed by atoms with Crippen molar-refractivity contribution >= 4 is 11.8 Å². The van der Waals surface area contributed by atoms with Gasteiger partial charge in [0.15, 0.2) is 0 Å². The monoisotopic (exact) mass is 317 g/mol. The first-order valence-electron chi connectivity index (χ1n) is 8.42. The van der Waals surface area contributed by atoms with Crippen molar-refractivity contribution in [2.45, 2.75) is 45.2 Å². The quantitative estimate of drug-likeness (QED) is 0.718. The Morgan fingerprint density at radius 2 is 1.78 bits per heavy atom. The molecule has 0 spiro atoms. The first-order chi connectivity index (χ1) is 11.1. The summed E-state index contributed by atoms with van der Waals surface area (Å²) in [6.45, 7) is 3.12. The minimum absolute atomic E-state index is 0.0753.